The fraction of sp³-hybridized carbons (Fsp3) is 0.118. The first-order chi connectivity index (χ1) is 11.2. The zero-order chi connectivity index (χ0) is 16.2. The van der Waals surface area contributed by atoms with Crippen molar-refractivity contribution in [3.8, 4) is 0 Å². The van der Waals surface area contributed by atoms with Gasteiger partial charge in [0.15, 0.2) is 5.17 Å². The molecule has 116 valence electrons. The maximum absolute atomic E-state index is 12.5. The molecule has 1 fully saturated rings. The molecule has 1 saturated heterocycles. The number of thioether (sulfide) groups is 1. The molecule has 0 N–H and O–H groups in total. The van der Waals surface area contributed by atoms with Gasteiger partial charge < -0.3 is 0 Å². The maximum Gasteiger partial charge on any atom is 0.266 e. The molecule has 0 radical (unpaired) electrons. The highest BCUT2D eigenvalue weighted by molar-refractivity contribution is 8.18. The zero-order valence-electron chi connectivity index (χ0n) is 12.4. The number of rotatable bonds is 3. The van der Waals surface area contributed by atoms with Gasteiger partial charge in [0.1, 0.15) is 0 Å². The van der Waals surface area contributed by atoms with Gasteiger partial charge in [-0.3, -0.25) is 14.7 Å². The smallest absolute Gasteiger partial charge is 0.266 e. The van der Waals surface area contributed by atoms with Gasteiger partial charge in [0.25, 0.3) is 5.91 Å². The van der Waals surface area contributed by atoms with E-state index in [1.54, 1.807) is 23.4 Å². The molecule has 0 atom stereocenters. The van der Waals surface area contributed by atoms with Crippen molar-refractivity contribution in [2.75, 3.05) is 6.54 Å². The number of amides is 1. The van der Waals surface area contributed by atoms with E-state index in [0.29, 0.717) is 21.6 Å². The summed E-state index contributed by atoms with van der Waals surface area (Å²) in [6, 6.07) is 11.1. The van der Waals surface area contributed by atoms with Crippen LogP contribution in [-0.4, -0.2) is 27.5 Å². The van der Waals surface area contributed by atoms with Gasteiger partial charge in [-0.2, -0.15) is 0 Å². The molecule has 6 heteroatoms. The number of aliphatic imine (C=N–C) groups is 1. The van der Waals surface area contributed by atoms with E-state index in [0.717, 1.165) is 11.3 Å². The molecule has 2 heterocycles. The summed E-state index contributed by atoms with van der Waals surface area (Å²) in [5.41, 5.74) is 1.62. The van der Waals surface area contributed by atoms with Crippen LogP contribution in [0.1, 0.15) is 12.5 Å². The van der Waals surface area contributed by atoms with Gasteiger partial charge in [-0.25, -0.2) is 4.99 Å². The second-order valence-corrected chi connectivity index (χ2v) is 6.27. The summed E-state index contributed by atoms with van der Waals surface area (Å²) in [6.45, 7) is 2.50. The van der Waals surface area contributed by atoms with Crippen molar-refractivity contribution in [2.45, 2.75) is 6.92 Å². The highest BCUT2D eigenvalue weighted by Crippen LogP contribution is 2.34. The van der Waals surface area contributed by atoms with E-state index >= 15 is 0 Å². The minimum Gasteiger partial charge on any atom is -0.287 e. The average molecular weight is 344 g/mol. The lowest BCUT2D eigenvalue weighted by Crippen LogP contribution is -2.28. The standard InChI is InChI=1S/C17H14ClN3OS/c1-2-21-16(22)15(10-12-5-3-6-13(18)9-12)23-17(21)20-14-7-4-8-19-11-14/h3-11H,2H2,1H3/b15-10-,20-17?. The van der Waals surface area contributed by atoms with E-state index in [2.05, 4.69) is 9.98 Å². The topological polar surface area (TPSA) is 45.6 Å². The molecule has 1 aliphatic heterocycles. The van der Waals surface area contributed by atoms with E-state index < -0.39 is 0 Å². The number of aromatic nitrogens is 1. The van der Waals surface area contributed by atoms with Crippen LogP contribution in [0.15, 0.2) is 58.7 Å². The quantitative estimate of drug-likeness (QED) is 0.778. The van der Waals surface area contributed by atoms with Crippen LogP contribution in [0.2, 0.25) is 5.02 Å². The highest BCUT2D eigenvalue weighted by Gasteiger charge is 2.32. The molecule has 0 spiro atoms. The molecule has 1 aromatic carbocycles. The summed E-state index contributed by atoms with van der Waals surface area (Å²) in [6.07, 6.45) is 5.20. The number of pyridine rings is 1. The van der Waals surface area contributed by atoms with E-state index in [-0.39, 0.29) is 5.91 Å². The van der Waals surface area contributed by atoms with Crippen molar-refractivity contribution in [3.05, 3.63) is 64.3 Å². The van der Waals surface area contributed by atoms with Crippen molar-refractivity contribution in [3.63, 3.8) is 0 Å². The summed E-state index contributed by atoms with van der Waals surface area (Å²) in [5, 5.41) is 1.31. The van der Waals surface area contributed by atoms with Gasteiger partial charge in [0.05, 0.1) is 16.8 Å². The molecule has 3 rings (SSSR count). The van der Waals surface area contributed by atoms with E-state index in [1.165, 1.54) is 11.8 Å². The fourth-order valence-corrected chi connectivity index (χ4v) is 3.41. The van der Waals surface area contributed by atoms with Gasteiger partial charge in [-0.05, 0) is 54.6 Å². The number of amidine groups is 1. The number of carbonyl (C=O) groups is 1. The van der Waals surface area contributed by atoms with E-state index in [1.807, 2.05) is 43.3 Å². The summed E-state index contributed by atoms with van der Waals surface area (Å²) in [7, 11) is 0. The molecule has 1 aliphatic rings. The largest absolute Gasteiger partial charge is 0.287 e. The lowest BCUT2D eigenvalue weighted by atomic mass is 10.2. The van der Waals surface area contributed by atoms with Crippen molar-refractivity contribution in [2.24, 2.45) is 4.99 Å². The molecular weight excluding hydrogens is 330 g/mol. The zero-order valence-corrected chi connectivity index (χ0v) is 14.0. The van der Waals surface area contributed by atoms with Crippen LogP contribution >= 0.6 is 23.4 Å². The van der Waals surface area contributed by atoms with Crippen molar-refractivity contribution in [1.29, 1.82) is 0 Å². The third-order valence-corrected chi connectivity index (χ3v) is 4.46. The summed E-state index contributed by atoms with van der Waals surface area (Å²) in [4.78, 5) is 23.4. The molecule has 2 aromatic rings. The van der Waals surface area contributed by atoms with E-state index in [4.69, 9.17) is 11.6 Å². The third-order valence-electron chi connectivity index (χ3n) is 3.22. The Morgan fingerprint density at radius 1 is 1.35 bits per heavy atom. The summed E-state index contributed by atoms with van der Waals surface area (Å²) < 4.78 is 0. The molecule has 0 saturated carbocycles. The second kappa shape index (κ2) is 6.98. The summed E-state index contributed by atoms with van der Waals surface area (Å²) >= 11 is 7.36. The van der Waals surface area contributed by atoms with Crippen LogP contribution < -0.4 is 0 Å². The Morgan fingerprint density at radius 2 is 2.22 bits per heavy atom. The fourth-order valence-electron chi connectivity index (χ4n) is 2.15. The molecule has 0 unspecified atom stereocenters. The lowest BCUT2D eigenvalue weighted by Gasteiger charge is -2.11. The van der Waals surface area contributed by atoms with Crippen LogP contribution in [-0.2, 0) is 4.79 Å². The van der Waals surface area contributed by atoms with Gasteiger partial charge in [-0.1, -0.05) is 23.7 Å². The number of nitrogens with zero attached hydrogens (tertiary/aromatic N) is 3. The molecule has 4 nitrogen and oxygen atoms in total. The van der Waals surface area contributed by atoms with Gasteiger partial charge in [0, 0.05) is 17.8 Å². The van der Waals surface area contributed by atoms with Crippen molar-refractivity contribution < 1.29 is 4.79 Å². The van der Waals surface area contributed by atoms with Gasteiger partial charge in [-0.15, -0.1) is 0 Å². The Balaban J connectivity index is 1.93. The molecule has 1 amide bonds. The van der Waals surface area contributed by atoms with Crippen LogP contribution in [0.3, 0.4) is 0 Å². The number of carbonyl (C=O) groups excluding carboxylic acids is 1. The number of hydrogen-bond acceptors (Lipinski definition) is 4. The first-order valence-corrected chi connectivity index (χ1v) is 8.32. The normalized spacial score (nSPS) is 18.2. The van der Waals surface area contributed by atoms with E-state index in [9.17, 15) is 4.79 Å². The first kappa shape index (κ1) is 15.8. The van der Waals surface area contributed by atoms with Crippen LogP contribution in [0, 0.1) is 0 Å². The molecule has 0 bridgehead atoms. The number of likely N-dealkylation sites (N-methyl/N-ethyl adjacent to an activating group) is 1. The maximum atomic E-state index is 12.5. The number of halogens is 1. The first-order valence-electron chi connectivity index (χ1n) is 7.13. The Hall–Kier alpha value is -2.11. The number of benzene rings is 1. The monoisotopic (exact) mass is 343 g/mol. The van der Waals surface area contributed by atoms with Crippen LogP contribution in [0.4, 0.5) is 5.69 Å². The third kappa shape index (κ3) is 3.63. The lowest BCUT2D eigenvalue weighted by molar-refractivity contribution is -0.122. The molecule has 23 heavy (non-hydrogen) atoms. The Morgan fingerprint density at radius 3 is 2.91 bits per heavy atom. The van der Waals surface area contributed by atoms with Gasteiger partial charge in [0.2, 0.25) is 0 Å². The second-order valence-electron chi connectivity index (χ2n) is 4.82. The van der Waals surface area contributed by atoms with Crippen molar-refractivity contribution in [1.82, 2.24) is 9.88 Å². The predicted molar refractivity (Wildman–Crippen MR) is 95.7 cm³/mol. The summed E-state index contributed by atoms with van der Waals surface area (Å²) in [5.74, 6) is -0.0416. The highest BCUT2D eigenvalue weighted by atomic mass is 35.5. The van der Waals surface area contributed by atoms with Gasteiger partial charge >= 0.3 is 0 Å². The SMILES string of the molecule is CCN1C(=O)/C(=C/c2cccc(Cl)c2)SC1=Nc1cccnc1. The average Bonchev–Trinajstić information content (AvgIpc) is 2.83. The molecule has 1 aromatic heterocycles. The Kier molecular flexibility index (Phi) is 4.79. The Bertz CT molecular complexity index is 789. The molecular formula is C17H14ClN3OS. The van der Waals surface area contributed by atoms with Crippen LogP contribution in [0.5, 0.6) is 0 Å². The predicted octanol–water partition coefficient (Wildman–Crippen LogP) is 4.36. The minimum absolute atomic E-state index is 0.0416. The molecule has 0 aliphatic carbocycles. The van der Waals surface area contributed by atoms with Crippen LogP contribution in [0.25, 0.3) is 6.08 Å². The minimum atomic E-state index is -0.0416. The van der Waals surface area contributed by atoms with Crippen molar-refractivity contribution >= 4 is 46.2 Å². The Labute approximate surface area is 143 Å². The number of hydrogen-bond donors (Lipinski definition) is 0.